The Morgan fingerprint density at radius 1 is 0.430 bits per heavy atom. The third kappa shape index (κ3) is 16.4. The first-order chi connectivity index (χ1) is 48.2. The highest BCUT2D eigenvalue weighted by Gasteiger charge is 3.01. The quantitative estimate of drug-likeness (QED) is 0.0328. The van der Waals surface area contributed by atoms with E-state index in [-0.39, 0.29) is 71.2 Å². The van der Waals surface area contributed by atoms with Gasteiger partial charge in [-0.2, -0.15) is 101 Å². The Labute approximate surface area is 603 Å². The third-order valence-corrected chi connectivity index (χ3v) is 17.5. The first kappa shape index (κ1) is 88.1. The van der Waals surface area contributed by atoms with E-state index in [2.05, 4.69) is 39.6 Å². The normalized spacial score (nSPS) is 24.8. The van der Waals surface area contributed by atoms with Gasteiger partial charge in [0.15, 0.2) is 46.9 Å². The minimum absolute atomic E-state index is 0.0221. The van der Waals surface area contributed by atoms with Crippen LogP contribution < -0.4 is 33.2 Å². The minimum atomic E-state index is -5.67. The van der Waals surface area contributed by atoms with Gasteiger partial charge in [0.2, 0.25) is 0 Å². The van der Waals surface area contributed by atoms with Crippen molar-refractivity contribution < 1.29 is 183 Å². The van der Waals surface area contributed by atoms with Crippen LogP contribution in [0.4, 0.5) is 114 Å². The summed E-state index contributed by atoms with van der Waals surface area (Å²) < 4.78 is 444. The second-order valence-electron chi connectivity index (χ2n) is 23.7. The van der Waals surface area contributed by atoms with Gasteiger partial charge >= 0.3 is 80.8 Å². The number of hydrogen-bond acceptors (Lipinski definition) is 14. The molecule has 6 aromatic rings. The van der Waals surface area contributed by atoms with Crippen LogP contribution in [0.1, 0.15) is 37.5 Å². The minimum Gasteiger partial charge on any atom is -0.508 e. The molecule has 3 saturated carbocycles. The number of alkyl halides is 28. The highest BCUT2D eigenvalue weighted by molar-refractivity contribution is 9.10. The monoisotopic (exact) mass is 1750 g/mol. The Hall–Kier alpha value is -7.81. The van der Waals surface area contributed by atoms with Gasteiger partial charge < -0.3 is 43.4 Å². The van der Waals surface area contributed by atoms with Crippen LogP contribution in [0.15, 0.2) is 109 Å². The standard InChI is InChI=1S/C22H16Br2F10O3.C22H18F10O6S.C18H14F6O3.O3S/c1-11-3-4-12(7-15(11)36-19(28,29)9-23)13-5-6-14(16(8-13)35-10-18(24,26)27)37-22(34)17(2,25)20(30,31)21(22,32)33;1-11-3-4-12(7-15(11)37-19(26,27)10-39(33,34)35)13-5-6-14(16(8-13)36-9-17(23)24)38-22(32)18(2,25)20(28,29)21(22,30)31;1-9-3-4-10(7-12(9)25)11-5-6-14(13(26)8-11)27-18(24)15(2,19)16(20,21)17(18,22)23;1-4(2)3/h3-8H,9-10H2,1-2H3;3-8,17H,9-10H2,1-2H3,(H,33,34,35);3-8,25-26H,1-2H3;. The summed E-state index contributed by atoms with van der Waals surface area (Å²) >= 11 is 4.57. The number of phenolic OH excluding ortho intramolecular Hbond substituents is 2. The van der Waals surface area contributed by atoms with Crippen LogP contribution in [-0.2, 0) is 20.7 Å². The predicted octanol–water partition coefficient (Wildman–Crippen LogP) is 18.8. The average Bonchev–Trinajstić information content (AvgIpc) is 0.674. The lowest BCUT2D eigenvalue weighted by molar-refractivity contribution is -0.480. The molecule has 45 heteroatoms. The maximum absolute atomic E-state index is 14.9. The number of benzene rings is 6. The van der Waals surface area contributed by atoms with Crippen molar-refractivity contribution >= 4 is 52.6 Å². The fourth-order valence-electron chi connectivity index (χ4n) is 9.75. The van der Waals surface area contributed by atoms with E-state index in [9.17, 15) is 133 Å². The smallest absolute Gasteiger partial charge is 0.425 e. The number of hydrogen-bond donors (Lipinski definition) is 3. The molecule has 0 saturated heterocycles. The molecule has 3 aliphatic rings. The lowest BCUT2D eigenvalue weighted by Gasteiger charge is -2.55. The summed E-state index contributed by atoms with van der Waals surface area (Å²) in [5.74, 6) is -56.3. The first-order valence-corrected chi connectivity index (χ1v) is 33.4. The maximum Gasteiger partial charge on any atom is 0.425 e. The lowest BCUT2D eigenvalue weighted by Crippen LogP contribution is -2.86. The van der Waals surface area contributed by atoms with Crippen LogP contribution >= 0.6 is 31.9 Å². The molecule has 0 aromatic heterocycles. The Kier molecular flexibility index (Phi) is 24.3. The SMILES string of the molecule is Cc1ccc(-c2ccc(OC3(F)C(C)(F)C(F)(F)C3(F)F)c(O)c2)cc1O.Cc1ccc(-c2ccc(OC3(F)C(C)(F)C(F)(F)C3(F)F)c(OCC(F)(F)Br)c2)cc1OC(F)(F)CBr.Cc1ccc(-c2ccc(OC3(F)C(C)(F)C(F)(F)C3(F)F)c(OCC(F)F)c2)cc1OC(F)(F)CS(=O)(=O)O.O=S(=O)=O. The molecule has 15 nitrogen and oxygen atoms in total. The number of aromatic hydroxyl groups is 2. The molecular formula is C62H48Br2F26O15S2. The van der Waals surface area contributed by atoms with E-state index in [1.807, 2.05) is 15.9 Å². The Morgan fingerprint density at radius 3 is 1.03 bits per heavy atom. The predicted molar refractivity (Wildman–Crippen MR) is 327 cm³/mol. The zero-order valence-electron chi connectivity index (χ0n) is 53.9. The van der Waals surface area contributed by atoms with Crippen molar-refractivity contribution in [2.75, 3.05) is 24.3 Å². The van der Waals surface area contributed by atoms with Gasteiger partial charge in [0.25, 0.3) is 33.5 Å². The van der Waals surface area contributed by atoms with E-state index in [0.29, 0.717) is 23.3 Å². The van der Waals surface area contributed by atoms with E-state index in [1.165, 1.54) is 50.2 Å². The molecule has 0 bridgehead atoms. The molecule has 0 heterocycles. The van der Waals surface area contributed by atoms with Gasteiger partial charge in [-0.25, -0.2) is 22.0 Å². The molecule has 9 rings (SSSR count). The molecule has 594 valence electrons. The van der Waals surface area contributed by atoms with Gasteiger partial charge in [0.05, 0.1) is 0 Å². The van der Waals surface area contributed by atoms with Crippen LogP contribution in [-0.4, -0.2) is 154 Å². The van der Waals surface area contributed by atoms with E-state index >= 15 is 0 Å². The molecule has 0 radical (unpaired) electrons. The Bertz CT molecular complexity index is 4470. The van der Waals surface area contributed by atoms with Crippen molar-refractivity contribution in [3.8, 4) is 85.1 Å². The molecule has 0 amide bonds. The summed E-state index contributed by atoms with van der Waals surface area (Å²) in [6.07, 6.45) is -11.2. The summed E-state index contributed by atoms with van der Waals surface area (Å²) in [6, 6.07) is 19.7. The second kappa shape index (κ2) is 29.5. The first-order valence-electron chi connectivity index (χ1n) is 28.9. The van der Waals surface area contributed by atoms with E-state index in [0.717, 1.165) is 48.5 Å². The van der Waals surface area contributed by atoms with Crippen molar-refractivity contribution in [3.05, 3.63) is 126 Å². The second-order valence-corrected chi connectivity index (χ2v) is 27.2. The molecule has 107 heavy (non-hydrogen) atoms. The van der Waals surface area contributed by atoms with Crippen molar-refractivity contribution in [1.29, 1.82) is 0 Å². The van der Waals surface area contributed by atoms with Gasteiger partial charge in [0, 0.05) is 0 Å². The molecule has 3 N–H and O–H groups in total. The molecule has 6 atom stereocenters. The van der Waals surface area contributed by atoms with E-state index in [1.54, 1.807) is 19.1 Å². The van der Waals surface area contributed by atoms with Gasteiger partial charge in [-0.3, -0.25) is 4.55 Å². The van der Waals surface area contributed by atoms with Crippen LogP contribution in [0.2, 0.25) is 0 Å². The largest absolute Gasteiger partial charge is 0.508 e. The molecule has 3 fully saturated rings. The van der Waals surface area contributed by atoms with Crippen molar-refractivity contribution in [3.63, 3.8) is 0 Å². The summed E-state index contributed by atoms with van der Waals surface area (Å²) in [4.78, 5) is -3.68. The molecule has 6 unspecified atom stereocenters. The van der Waals surface area contributed by atoms with Gasteiger partial charge in [0.1, 0.15) is 29.2 Å². The number of halogens is 28. The number of ether oxygens (including phenoxy) is 7. The van der Waals surface area contributed by atoms with Crippen LogP contribution in [0.25, 0.3) is 33.4 Å². The highest BCUT2D eigenvalue weighted by Crippen LogP contribution is 2.71. The number of phenols is 2. The summed E-state index contributed by atoms with van der Waals surface area (Å²) in [5.41, 5.74) is -11.8. The molecule has 0 spiro atoms. The summed E-state index contributed by atoms with van der Waals surface area (Å²) in [7, 11) is -8.27. The summed E-state index contributed by atoms with van der Waals surface area (Å²) in [6.45, 7) is 1.14. The molecule has 6 aromatic carbocycles. The van der Waals surface area contributed by atoms with Crippen LogP contribution in [0, 0.1) is 20.8 Å². The zero-order valence-corrected chi connectivity index (χ0v) is 58.7. The fraction of sp³-hybridized carbons (Fsp3) is 0.419. The molecular weight excluding hydrogens is 1700 g/mol. The lowest BCUT2D eigenvalue weighted by atomic mass is 9.69. The van der Waals surface area contributed by atoms with E-state index in [4.69, 9.17) is 26.7 Å². The molecule has 0 aliphatic heterocycles. The maximum atomic E-state index is 14.9. The van der Waals surface area contributed by atoms with Crippen molar-refractivity contribution in [2.45, 2.75) is 135 Å². The summed E-state index contributed by atoms with van der Waals surface area (Å²) in [5, 5.41) is 18.8. The van der Waals surface area contributed by atoms with Crippen LogP contribution in [0.5, 0.6) is 51.7 Å². The van der Waals surface area contributed by atoms with Gasteiger partial charge in [-0.15, -0.1) is 12.6 Å². The Morgan fingerprint density at radius 2 is 0.720 bits per heavy atom. The topological polar surface area (TPSA) is 211 Å². The van der Waals surface area contributed by atoms with E-state index < -0.39 is 179 Å². The Balaban J connectivity index is 0.000000248. The zero-order chi connectivity index (χ0) is 82.1. The third-order valence-electron chi connectivity index (χ3n) is 15.9. The average molecular weight is 1750 g/mol. The molecule has 3 aliphatic carbocycles. The number of rotatable bonds is 22. The number of aryl methyl sites for hydroxylation is 3. The fourth-order valence-corrected chi connectivity index (χ4v) is 10.5. The van der Waals surface area contributed by atoms with Crippen LogP contribution in [0.3, 0.4) is 0 Å². The van der Waals surface area contributed by atoms with Crippen molar-refractivity contribution in [2.24, 2.45) is 0 Å². The highest BCUT2D eigenvalue weighted by atomic mass is 79.9. The van der Waals surface area contributed by atoms with Crippen molar-refractivity contribution in [1.82, 2.24) is 0 Å². The van der Waals surface area contributed by atoms with Gasteiger partial charge in [-0.05, 0) is 162 Å². The van der Waals surface area contributed by atoms with Gasteiger partial charge in [-0.1, -0.05) is 70.5 Å².